The first-order valence-electron chi connectivity index (χ1n) is 9.72. The number of hydrogen-bond acceptors (Lipinski definition) is 6. The maximum absolute atomic E-state index is 12.3. The number of hydrogen-bond donors (Lipinski definition) is 3. The third-order valence-electron chi connectivity index (χ3n) is 5.02. The molecule has 0 aliphatic carbocycles. The molecule has 4 N–H and O–H groups in total. The molecule has 1 saturated heterocycles. The van der Waals surface area contributed by atoms with E-state index in [4.69, 9.17) is 10.5 Å². The topological polar surface area (TPSA) is 111 Å². The van der Waals surface area contributed by atoms with Crippen LogP contribution in [0.5, 0.6) is 6.01 Å². The van der Waals surface area contributed by atoms with Gasteiger partial charge in [0.2, 0.25) is 0 Å². The second kappa shape index (κ2) is 8.53. The number of rotatable bonds is 8. The van der Waals surface area contributed by atoms with Crippen molar-refractivity contribution in [2.45, 2.75) is 65.0 Å². The minimum absolute atomic E-state index is 0.00904. The minimum Gasteiger partial charge on any atom is -0.460 e. The van der Waals surface area contributed by atoms with Crippen molar-refractivity contribution in [1.82, 2.24) is 24.8 Å². The van der Waals surface area contributed by atoms with Gasteiger partial charge in [0.25, 0.3) is 0 Å². The molecule has 144 valence electrons. The SMILES string of the molecule is CCC[C@H](C)Oc1nc(N)c2[nH]c(=O)n(CCCC3CCCNC3)c2n1. The van der Waals surface area contributed by atoms with E-state index in [0.29, 0.717) is 23.6 Å². The molecule has 8 nitrogen and oxygen atoms in total. The maximum Gasteiger partial charge on any atom is 0.327 e. The van der Waals surface area contributed by atoms with E-state index in [9.17, 15) is 4.79 Å². The molecule has 0 bridgehead atoms. The summed E-state index contributed by atoms with van der Waals surface area (Å²) in [6.45, 7) is 6.90. The van der Waals surface area contributed by atoms with E-state index in [2.05, 4.69) is 27.2 Å². The number of aryl methyl sites for hydroxylation is 1. The van der Waals surface area contributed by atoms with Gasteiger partial charge in [0.1, 0.15) is 5.52 Å². The third kappa shape index (κ3) is 4.35. The zero-order valence-electron chi connectivity index (χ0n) is 15.8. The number of nitrogens with two attached hydrogens (primary N) is 1. The summed E-state index contributed by atoms with van der Waals surface area (Å²) >= 11 is 0. The van der Waals surface area contributed by atoms with Crippen LogP contribution in [0.4, 0.5) is 5.82 Å². The summed E-state index contributed by atoms with van der Waals surface area (Å²) < 4.78 is 7.42. The fourth-order valence-corrected chi connectivity index (χ4v) is 3.64. The maximum atomic E-state index is 12.3. The van der Waals surface area contributed by atoms with Crippen LogP contribution in [0, 0.1) is 5.92 Å². The number of H-pyrrole nitrogens is 1. The first kappa shape index (κ1) is 18.7. The van der Waals surface area contributed by atoms with E-state index in [0.717, 1.165) is 38.8 Å². The van der Waals surface area contributed by atoms with Crippen molar-refractivity contribution in [3.05, 3.63) is 10.5 Å². The van der Waals surface area contributed by atoms with Gasteiger partial charge in [-0.3, -0.25) is 4.57 Å². The van der Waals surface area contributed by atoms with Crippen molar-refractivity contribution < 1.29 is 4.74 Å². The van der Waals surface area contributed by atoms with Gasteiger partial charge in [-0.15, -0.1) is 0 Å². The summed E-state index contributed by atoms with van der Waals surface area (Å²) in [5.41, 5.74) is 6.84. The number of imidazole rings is 1. The molecule has 2 atom stereocenters. The molecule has 0 aromatic carbocycles. The molecule has 3 rings (SSSR count). The van der Waals surface area contributed by atoms with Crippen LogP contribution < -0.4 is 21.5 Å². The van der Waals surface area contributed by atoms with Crippen LogP contribution >= 0.6 is 0 Å². The van der Waals surface area contributed by atoms with Crippen LogP contribution in [0.1, 0.15) is 52.4 Å². The van der Waals surface area contributed by atoms with E-state index in [1.54, 1.807) is 4.57 Å². The van der Waals surface area contributed by atoms with Crippen molar-refractivity contribution in [1.29, 1.82) is 0 Å². The predicted octanol–water partition coefficient (Wildman–Crippen LogP) is 2.05. The Morgan fingerprint density at radius 3 is 3.00 bits per heavy atom. The van der Waals surface area contributed by atoms with E-state index in [1.807, 2.05) is 6.92 Å². The number of aromatic amines is 1. The van der Waals surface area contributed by atoms with Gasteiger partial charge in [-0.25, -0.2) is 4.79 Å². The number of nitrogens with one attached hydrogen (secondary N) is 2. The van der Waals surface area contributed by atoms with Gasteiger partial charge in [-0.05, 0) is 58.0 Å². The number of ether oxygens (including phenoxy) is 1. The summed E-state index contributed by atoms with van der Waals surface area (Å²) in [7, 11) is 0. The highest BCUT2D eigenvalue weighted by Crippen LogP contribution is 2.20. The first-order chi connectivity index (χ1) is 12.6. The molecule has 2 aromatic heterocycles. The Kier molecular flexibility index (Phi) is 6.13. The summed E-state index contributed by atoms with van der Waals surface area (Å²) in [5, 5.41) is 3.43. The predicted molar refractivity (Wildman–Crippen MR) is 102 cm³/mol. The molecular formula is C18H30N6O2. The fraction of sp³-hybridized carbons (Fsp3) is 0.722. The first-order valence-corrected chi connectivity index (χ1v) is 9.72. The standard InChI is InChI=1S/C18H30N6O2/c1-3-6-12(2)26-17-22-15(19)14-16(23-17)24(18(25)21-14)10-5-8-13-7-4-9-20-11-13/h12-13,20H,3-11H2,1-2H3,(H,21,25)(H2,19,22,23)/t12-,13?/m0/s1. The number of nitrogens with zero attached hydrogens (tertiary/aromatic N) is 3. The zero-order chi connectivity index (χ0) is 18.5. The lowest BCUT2D eigenvalue weighted by atomic mass is 9.95. The highest BCUT2D eigenvalue weighted by Gasteiger charge is 2.17. The van der Waals surface area contributed by atoms with Crippen molar-refractivity contribution in [3.8, 4) is 6.01 Å². The van der Waals surface area contributed by atoms with Gasteiger partial charge in [0.15, 0.2) is 11.5 Å². The van der Waals surface area contributed by atoms with Crippen molar-refractivity contribution >= 4 is 17.0 Å². The second-order valence-corrected chi connectivity index (χ2v) is 7.24. The number of nitrogen functional groups attached to an aromatic ring is 1. The van der Waals surface area contributed by atoms with Crippen molar-refractivity contribution in [3.63, 3.8) is 0 Å². The molecule has 2 aromatic rings. The molecular weight excluding hydrogens is 332 g/mol. The lowest BCUT2D eigenvalue weighted by Gasteiger charge is -2.22. The van der Waals surface area contributed by atoms with Crippen LogP contribution in [0.25, 0.3) is 11.2 Å². The minimum atomic E-state index is -0.193. The molecule has 0 spiro atoms. The normalized spacial score (nSPS) is 18.9. The quantitative estimate of drug-likeness (QED) is 0.663. The molecule has 0 radical (unpaired) electrons. The number of aromatic nitrogens is 4. The molecule has 26 heavy (non-hydrogen) atoms. The van der Waals surface area contributed by atoms with Crippen LogP contribution in [-0.4, -0.2) is 38.7 Å². The summed E-state index contributed by atoms with van der Waals surface area (Å²) in [6.07, 6.45) is 6.47. The molecule has 3 heterocycles. The lowest BCUT2D eigenvalue weighted by Crippen LogP contribution is -2.30. The Morgan fingerprint density at radius 1 is 1.42 bits per heavy atom. The third-order valence-corrected chi connectivity index (χ3v) is 5.02. The Morgan fingerprint density at radius 2 is 2.27 bits per heavy atom. The monoisotopic (exact) mass is 362 g/mol. The van der Waals surface area contributed by atoms with Gasteiger partial charge in [0, 0.05) is 6.54 Å². The molecule has 8 heteroatoms. The largest absolute Gasteiger partial charge is 0.460 e. The zero-order valence-corrected chi connectivity index (χ0v) is 15.8. The molecule has 0 saturated carbocycles. The summed E-state index contributed by atoms with van der Waals surface area (Å²) in [4.78, 5) is 23.8. The highest BCUT2D eigenvalue weighted by atomic mass is 16.5. The van der Waals surface area contributed by atoms with E-state index in [1.165, 1.54) is 12.8 Å². The summed E-state index contributed by atoms with van der Waals surface area (Å²) in [6, 6.07) is 0.236. The van der Waals surface area contributed by atoms with Crippen molar-refractivity contribution in [2.24, 2.45) is 5.92 Å². The Balaban J connectivity index is 1.74. The van der Waals surface area contributed by atoms with Gasteiger partial charge in [-0.2, -0.15) is 9.97 Å². The van der Waals surface area contributed by atoms with E-state index in [-0.39, 0.29) is 23.6 Å². The Labute approximate surface area is 153 Å². The number of fused-ring (bicyclic) bond motifs is 1. The van der Waals surface area contributed by atoms with Crippen LogP contribution in [-0.2, 0) is 6.54 Å². The Bertz CT molecular complexity index is 778. The Hall–Kier alpha value is -2.09. The lowest BCUT2D eigenvalue weighted by molar-refractivity contribution is 0.193. The van der Waals surface area contributed by atoms with Gasteiger partial charge in [-0.1, -0.05) is 13.3 Å². The average Bonchev–Trinajstić information content (AvgIpc) is 2.93. The van der Waals surface area contributed by atoms with Gasteiger partial charge >= 0.3 is 11.7 Å². The second-order valence-electron chi connectivity index (χ2n) is 7.24. The van der Waals surface area contributed by atoms with Gasteiger partial charge < -0.3 is 20.8 Å². The molecule has 1 fully saturated rings. The average molecular weight is 362 g/mol. The van der Waals surface area contributed by atoms with E-state index >= 15 is 0 Å². The molecule has 0 amide bonds. The molecule has 1 unspecified atom stereocenters. The van der Waals surface area contributed by atoms with E-state index < -0.39 is 0 Å². The van der Waals surface area contributed by atoms with Crippen LogP contribution in [0.2, 0.25) is 0 Å². The van der Waals surface area contributed by atoms with Crippen LogP contribution in [0.15, 0.2) is 4.79 Å². The number of anilines is 1. The highest BCUT2D eigenvalue weighted by molar-refractivity contribution is 5.81. The van der Waals surface area contributed by atoms with Crippen molar-refractivity contribution in [2.75, 3.05) is 18.8 Å². The number of piperidine rings is 1. The van der Waals surface area contributed by atoms with Crippen LogP contribution in [0.3, 0.4) is 0 Å². The van der Waals surface area contributed by atoms with Gasteiger partial charge in [0.05, 0.1) is 6.10 Å². The fourth-order valence-electron chi connectivity index (χ4n) is 3.64. The molecule has 1 aliphatic heterocycles. The summed E-state index contributed by atoms with van der Waals surface area (Å²) in [5.74, 6) is 0.944. The smallest absolute Gasteiger partial charge is 0.327 e. The molecule has 1 aliphatic rings.